The lowest BCUT2D eigenvalue weighted by Gasteiger charge is -2.20. The fourth-order valence-corrected chi connectivity index (χ4v) is 3.17. The van der Waals surface area contributed by atoms with E-state index in [0.29, 0.717) is 17.8 Å². The molecule has 3 aromatic rings. The number of anilines is 1. The first-order chi connectivity index (χ1) is 15.7. The molecule has 1 unspecified atom stereocenters. The van der Waals surface area contributed by atoms with Gasteiger partial charge in [-0.15, -0.1) is 0 Å². The van der Waals surface area contributed by atoms with Crippen LogP contribution in [-0.4, -0.2) is 28.6 Å². The predicted octanol–water partition coefficient (Wildman–Crippen LogP) is 4.16. The van der Waals surface area contributed by atoms with Gasteiger partial charge >= 0.3 is 6.03 Å². The topological polar surface area (TPSA) is 103 Å². The number of aliphatic hydroxyl groups excluding tert-OH is 1. The Morgan fingerprint density at radius 3 is 2.15 bits per heavy atom. The number of nitrogens with one attached hydrogen (secondary N) is 3. The largest absolute Gasteiger partial charge is 0.387 e. The molecule has 1 heterocycles. The number of rotatable bonds is 7. The molecule has 2 aromatic carbocycles. The van der Waals surface area contributed by atoms with Gasteiger partial charge in [0.2, 0.25) is 0 Å². The molecule has 0 radical (unpaired) electrons. The van der Waals surface area contributed by atoms with Crippen LogP contribution in [0, 0.1) is 0 Å². The van der Waals surface area contributed by atoms with Crippen molar-refractivity contribution < 1.29 is 14.7 Å². The third-order valence-electron chi connectivity index (χ3n) is 5.22. The van der Waals surface area contributed by atoms with Gasteiger partial charge in [-0.2, -0.15) is 0 Å². The van der Waals surface area contributed by atoms with Crippen LogP contribution >= 0.6 is 0 Å². The Balaban J connectivity index is 1.42. The molecule has 7 nitrogen and oxygen atoms in total. The van der Waals surface area contributed by atoms with Gasteiger partial charge in [0.25, 0.3) is 5.91 Å². The Morgan fingerprint density at radius 1 is 0.909 bits per heavy atom. The molecule has 7 heteroatoms. The van der Waals surface area contributed by atoms with E-state index in [1.54, 1.807) is 36.7 Å². The molecule has 0 aliphatic rings. The second kappa shape index (κ2) is 10.7. The molecule has 33 heavy (non-hydrogen) atoms. The molecule has 0 spiro atoms. The van der Waals surface area contributed by atoms with Crippen molar-refractivity contribution in [1.82, 2.24) is 15.6 Å². The van der Waals surface area contributed by atoms with Crippen molar-refractivity contribution in [3.8, 4) is 0 Å². The number of nitrogens with zero attached hydrogens (tertiary/aromatic N) is 1. The van der Waals surface area contributed by atoms with Crippen LogP contribution in [0.1, 0.15) is 53.9 Å². The van der Waals surface area contributed by atoms with Crippen molar-refractivity contribution in [3.05, 3.63) is 95.3 Å². The van der Waals surface area contributed by atoms with E-state index in [-0.39, 0.29) is 23.9 Å². The van der Waals surface area contributed by atoms with Crippen LogP contribution in [0.15, 0.2) is 73.1 Å². The van der Waals surface area contributed by atoms with Crippen LogP contribution in [0.3, 0.4) is 0 Å². The van der Waals surface area contributed by atoms with E-state index in [2.05, 4.69) is 41.7 Å². The Labute approximate surface area is 194 Å². The van der Waals surface area contributed by atoms with E-state index in [9.17, 15) is 14.7 Å². The van der Waals surface area contributed by atoms with E-state index in [0.717, 1.165) is 11.1 Å². The Morgan fingerprint density at radius 2 is 1.55 bits per heavy atom. The summed E-state index contributed by atoms with van der Waals surface area (Å²) in [4.78, 5) is 28.2. The average molecular weight is 447 g/mol. The Hall–Kier alpha value is -3.71. The zero-order valence-corrected chi connectivity index (χ0v) is 19.1. The molecule has 3 rings (SSSR count). The molecule has 0 aliphatic heterocycles. The highest BCUT2D eigenvalue weighted by Gasteiger charge is 2.15. The van der Waals surface area contributed by atoms with Crippen LogP contribution < -0.4 is 16.0 Å². The van der Waals surface area contributed by atoms with E-state index < -0.39 is 6.10 Å². The summed E-state index contributed by atoms with van der Waals surface area (Å²) < 4.78 is 0. The van der Waals surface area contributed by atoms with Gasteiger partial charge in [-0.3, -0.25) is 9.78 Å². The lowest BCUT2D eigenvalue weighted by atomic mass is 9.86. The second-order valence-corrected chi connectivity index (χ2v) is 8.84. The fraction of sp³-hybridized carbons (Fsp3) is 0.269. The molecule has 4 N–H and O–H groups in total. The van der Waals surface area contributed by atoms with Crippen molar-refractivity contribution in [2.75, 3.05) is 11.9 Å². The van der Waals surface area contributed by atoms with Gasteiger partial charge in [-0.05, 0) is 46.4 Å². The van der Waals surface area contributed by atoms with Crippen LogP contribution in [0.2, 0.25) is 0 Å². The lowest BCUT2D eigenvalue weighted by Crippen LogP contribution is -2.37. The van der Waals surface area contributed by atoms with Crippen molar-refractivity contribution in [1.29, 1.82) is 0 Å². The number of hydrogen-bond acceptors (Lipinski definition) is 4. The molecule has 0 saturated heterocycles. The van der Waals surface area contributed by atoms with Gasteiger partial charge in [0.15, 0.2) is 0 Å². The molecule has 1 aromatic heterocycles. The number of carbonyl (C=O) groups excluding carboxylic acids is 2. The number of urea groups is 1. The summed E-state index contributed by atoms with van der Waals surface area (Å²) in [7, 11) is 0. The van der Waals surface area contributed by atoms with Gasteiger partial charge in [-0.1, -0.05) is 57.2 Å². The van der Waals surface area contributed by atoms with Gasteiger partial charge in [0, 0.05) is 36.7 Å². The molecule has 3 amide bonds. The molecular formula is C26H30N4O3. The van der Waals surface area contributed by atoms with Crippen molar-refractivity contribution >= 4 is 17.6 Å². The first-order valence-electron chi connectivity index (χ1n) is 10.8. The van der Waals surface area contributed by atoms with Crippen LogP contribution in [0.5, 0.6) is 0 Å². The molecule has 172 valence electrons. The summed E-state index contributed by atoms with van der Waals surface area (Å²) in [5, 5.41) is 18.6. The van der Waals surface area contributed by atoms with Gasteiger partial charge in [-0.25, -0.2) is 4.79 Å². The van der Waals surface area contributed by atoms with Gasteiger partial charge in [0.05, 0.1) is 6.10 Å². The third kappa shape index (κ3) is 7.15. The van der Waals surface area contributed by atoms with Crippen LogP contribution in [0.25, 0.3) is 0 Å². The summed E-state index contributed by atoms with van der Waals surface area (Å²) in [5.41, 5.74) is 4.06. The molecule has 0 bridgehead atoms. The number of aliphatic hydroxyl groups is 1. The van der Waals surface area contributed by atoms with Crippen molar-refractivity contribution in [2.45, 2.75) is 38.8 Å². The highest BCUT2D eigenvalue weighted by atomic mass is 16.3. The van der Waals surface area contributed by atoms with E-state index in [1.165, 1.54) is 5.56 Å². The summed E-state index contributed by atoms with van der Waals surface area (Å²) in [6.07, 6.45) is 2.35. The number of aromatic nitrogens is 1. The van der Waals surface area contributed by atoms with Gasteiger partial charge < -0.3 is 21.1 Å². The summed E-state index contributed by atoms with van der Waals surface area (Å²) in [5.74, 6) is -0.214. The van der Waals surface area contributed by atoms with Gasteiger partial charge in [0.1, 0.15) is 0 Å². The van der Waals surface area contributed by atoms with E-state index >= 15 is 0 Å². The summed E-state index contributed by atoms with van der Waals surface area (Å²) >= 11 is 0. The SMILES string of the molecule is CC(C)(C)c1ccc(C(O)CNC(=O)NCc2ccc(NC(=O)c3ccncc3)cc2)cc1. The minimum Gasteiger partial charge on any atom is -0.387 e. The fourth-order valence-electron chi connectivity index (χ4n) is 3.17. The highest BCUT2D eigenvalue weighted by Crippen LogP contribution is 2.23. The summed E-state index contributed by atoms with van der Waals surface area (Å²) in [6.45, 7) is 6.84. The molecule has 0 aliphatic carbocycles. The zero-order chi connectivity index (χ0) is 23.8. The Bertz CT molecular complexity index is 1060. The summed E-state index contributed by atoms with van der Waals surface area (Å²) in [6, 6.07) is 17.9. The smallest absolute Gasteiger partial charge is 0.315 e. The third-order valence-corrected chi connectivity index (χ3v) is 5.22. The standard InChI is InChI=1S/C26H30N4O3/c1-26(2,3)21-8-6-19(7-9-21)23(31)17-29-25(33)28-16-18-4-10-22(11-5-18)30-24(32)20-12-14-27-15-13-20/h4-15,23,31H,16-17H2,1-3H3,(H,30,32)(H2,28,29,33). The minimum absolute atomic E-state index is 0.0466. The number of pyridine rings is 1. The molecule has 0 saturated carbocycles. The molecule has 0 fully saturated rings. The predicted molar refractivity (Wildman–Crippen MR) is 129 cm³/mol. The number of amides is 3. The lowest BCUT2D eigenvalue weighted by molar-refractivity contribution is 0.102. The first kappa shape index (κ1) is 23.9. The van der Waals surface area contributed by atoms with E-state index in [4.69, 9.17) is 0 Å². The molecule has 1 atom stereocenters. The minimum atomic E-state index is -0.784. The van der Waals surface area contributed by atoms with Crippen LogP contribution in [0.4, 0.5) is 10.5 Å². The maximum atomic E-state index is 12.2. The number of hydrogen-bond donors (Lipinski definition) is 4. The monoisotopic (exact) mass is 446 g/mol. The maximum absolute atomic E-state index is 12.2. The molecular weight excluding hydrogens is 416 g/mol. The van der Waals surface area contributed by atoms with E-state index in [1.807, 2.05) is 36.4 Å². The number of carbonyl (C=O) groups is 2. The Kier molecular flexibility index (Phi) is 7.79. The quantitative estimate of drug-likeness (QED) is 0.437. The first-order valence-corrected chi connectivity index (χ1v) is 10.8. The van der Waals surface area contributed by atoms with Crippen molar-refractivity contribution in [3.63, 3.8) is 0 Å². The highest BCUT2D eigenvalue weighted by molar-refractivity contribution is 6.04. The number of benzene rings is 2. The second-order valence-electron chi connectivity index (χ2n) is 8.84. The zero-order valence-electron chi connectivity index (χ0n) is 19.1. The maximum Gasteiger partial charge on any atom is 0.315 e. The van der Waals surface area contributed by atoms with Crippen LogP contribution in [-0.2, 0) is 12.0 Å². The van der Waals surface area contributed by atoms with Crippen molar-refractivity contribution in [2.24, 2.45) is 0 Å². The normalized spacial score (nSPS) is 12.0. The average Bonchev–Trinajstić information content (AvgIpc) is 2.82.